The summed E-state index contributed by atoms with van der Waals surface area (Å²) in [6.07, 6.45) is 2.94. The fraction of sp³-hybridized carbons (Fsp3) is 0.636. The van der Waals surface area contributed by atoms with Crippen molar-refractivity contribution in [3.05, 3.63) is 17.5 Å². The van der Waals surface area contributed by atoms with Crippen molar-refractivity contribution in [1.29, 1.82) is 0 Å². The molecule has 5 heteroatoms. The predicted octanol–water partition coefficient (Wildman–Crippen LogP) is 0.994. The summed E-state index contributed by atoms with van der Waals surface area (Å²) >= 11 is 0. The third kappa shape index (κ3) is 1.71. The van der Waals surface area contributed by atoms with E-state index in [-0.39, 0.29) is 18.0 Å². The summed E-state index contributed by atoms with van der Waals surface area (Å²) < 4.78 is 4.92. The van der Waals surface area contributed by atoms with Crippen LogP contribution < -0.4 is 5.73 Å². The zero-order valence-corrected chi connectivity index (χ0v) is 9.64. The van der Waals surface area contributed by atoms with E-state index in [9.17, 15) is 4.79 Å². The van der Waals surface area contributed by atoms with Gasteiger partial charge in [0.05, 0.1) is 11.7 Å². The van der Waals surface area contributed by atoms with Crippen molar-refractivity contribution in [2.75, 3.05) is 6.54 Å². The molecule has 1 aromatic heterocycles. The van der Waals surface area contributed by atoms with E-state index in [1.165, 1.54) is 0 Å². The summed E-state index contributed by atoms with van der Waals surface area (Å²) in [6, 6.07) is -0.226. The van der Waals surface area contributed by atoms with Gasteiger partial charge in [-0.05, 0) is 13.3 Å². The molecule has 2 atom stereocenters. The Morgan fingerprint density at radius 2 is 2.44 bits per heavy atom. The van der Waals surface area contributed by atoms with Gasteiger partial charge >= 0.3 is 0 Å². The first-order valence-electron chi connectivity index (χ1n) is 5.61. The third-order valence-electron chi connectivity index (χ3n) is 3.04. The van der Waals surface area contributed by atoms with Gasteiger partial charge in [-0.1, -0.05) is 12.1 Å². The Morgan fingerprint density at radius 1 is 1.69 bits per heavy atom. The van der Waals surface area contributed by atoms with Crippen LogP contribution >= 0.6 is 0 Å². The number of nitrogens with zero attached hydrogens (tertiary/aromatic N) is 2. The van der Waals surface area contributed by atoms with Crippen molar-refractivity contribution < 1.29 is 9.32 Å². The molecule has 2 unspecified atom stereocenters. The monoisotopic (exact) mass is 223 g/mol. The van der Waals surface area contributed by atoms with Crippen LogP contribution in [0.3, 0.4) is 0 Å². The molecule has 1 aliphatic rings. The molecule has 0 radical (unpaired) electrons. The SMILES string of the molecule is CCCN1C(=O)CC(N)C1c1conc1C. The van der Waals surface area contributed by atoms with E-state index >= 15 is 0 Å². The third-order valence-corrected chi connectivity index (χ3v) is 3.04. The molecule has 0 bridgehead atoms. The Hall–Kier alpha value is -1.36. The highest BCUT2D eigenvalue weighted by atomic mass is 16.5. The lowest BCUT2D eigenvalue weighted by atomic mass is 10.0. The lowest BCUT2D eigenvalue weighted by Crippen LogP contribution is -2.33. The zero-order chi connectivity index (χ0) is 11.7. The Morgan fingerprint density at radius 3 is 3.00 bits per heavy atom. The summed E-state index contributed by atoms with van der Waals surface area (Å²) in [5.74, 6) is 0.125. The topological polar surface area (TPSA) is 72.4 Å². The standard InChI is InChI=1S/C11H17N3O2/c1-3-4-14-10(15)5-9(12)11(14)8-6-16-13-7(8)2/h6,9,11H,3-5,12H2,1-2H3. The van der Waals surface area contributed by atoms with Gasteiger partial charge < -0.3 is 15.2 Å². The molecule has 88 valence electrons. The van der Waals surface area contributed by atoms with Gasteiger partial charge in [-0.15, -0.1) is 0 Å². The maximum absolute atomic E-state index is 11.8. The van der Waals surface area contributed by atoms with Crippen LogP contribution in [-0.2, 0) is 4.79 Å². The first-order valence-corrected chi connectivity index (χ1v) is 5.61. The summed E-state index contributed by atoms with van der Waals surface area (Å²) in [5, 5.41) is 3.85. The first kappa shape index (κ1) is 11.1. The van der Waals surface area contributed by atoms with Gasteiger partial charge in [0.1, 0.15) is 6.26 Å². The van der Waals surface area contributed by atoms with Gasteiger partial charge in [-0.3, -0.25) is 4.79 Å². The number of aromatic nitrogens is 1. The molecule has 16 heavy (non-hydrogen) atoms. The van der Waals surface area contributed by atoms with Gasteiger partial charge in [0.15, 0.2) is 0 Å². The average Bonchev–Trinajstić information content (AvgIpc) is 2.73. The minimum absolute atomic E-state index is 0.0706. The number of carbonyl (C=O) groups is 1. The highest BCUT2D eigenvalue weighted by molar-refractivity contribution is 5.80. The van der Waals surface area contributed by atoms with Crippen LogP contribution in [0.1, 0.15) is 37.1 Å². The Balaban J connectivity index is 2.30. The number of carbonyl (C=O) groups excluding carboxylic acids is 1. The van der Waals surface area contributed by atoms with Crippen molar-refractivity contribution >= 4 is 5.91 Å². The maximum atomic E-state index is 11.8. The lowest BCUT2D eigenvalue weighted by Gasteiger charge is -2.25. The second kappa shape index (κ2) is 4.25. The van der Waals surface area contributed by atoms with Crippen molar-refractivity contribution in [1.82, 2.24) is 10.1 Å². The molecule has 0 saturated carbocycles. The molecule has 0 aliphatic carbocycles. The fourth-order valence-electron chi connectivity index (χ4n) is 2.30. The molecular formula is C11H17N3O2. The Kier molecular flexibility index (Phi) is 2.96. The smallest absolute Gasteiger partial charge is 0.224 e. The number of rotatable bonds is 3. The number of hydrogen-bond donors (Lipinski definition) is 1. The minimum atomic E-state index is -0.155. The van der Waals surface area contributed by atoms with Crippen LogP contribution in [0.5, 0.6) is 0 Å². The van der Waals surface area contributed by atoms with Crippen LogP contribution in [0.4, 0.5) is 0 Å². The number of aryl methyl sites for hydroxylation is 1. The minimum Gasteiger partial charge on any atom is -0.364 e. The van der Waals surface area contributed by atoms with E-state index in [0.29, 0.717) is 6.42 Å². The molecule has 1 aromatic rings. The van der Waals surface area contributed by atoms with Crippen molar-refractivity contribution in [3.63, 3.8) is 0 Å². The van der Waals surface area contributed by atoms with Gasteiger partial charge in [-0.25, -0.2) is 0 Å². The lowest BCUT2D eigenvalue weighted by molar-refractivity contribution is -0.129. The van der Waals surface area contributed by atoms with Gasteiger partial charge in [-0.2, -0.15) is 0 Å². The molecule has 5 nitrogen and oxygen atoms in total. The van der Waals surface area contributed by atoms with E-state index in [2.05, 4.69) is 12.1 Å². The van der Waals surface area contributed by atoms with Crippen LogP contribution in [0.15, 0.2) is 10.8 Å². The summed E-state index contributed by atoms with van der Waals surface area (Å²) in [7, 11) is 0. The Bertz CT molecular complexity index is 388. The second-order valence-electron chi connectivity index (χ2n) is 4.26. The normalized spacial score (nSPS) is 25.4. The zero-order valence-electron chi connectivity index (χ0n) is 9.64. The first-order chi connectivity index (χ1) is 7.65. The van der Waals surface area contributed by atoms with Gasteiger partial charge in [0, 0.05) is 24.6 Å². The largest absolute Gasteiger partial charge is 0.364 e. The van der Waals surface area contributed by atoms with E-state index in [1.54, 1.807) is 6.26 Å². The summed E-state index contributed by atoms with van der Waals surface area (Å²) in [6.45, 7) is 4.66. The molecule has 1 aliphatic heterocycles. The molecule has 1 saturated heterocycles. The van der Waals surface area contributed by atoms with Crippen LogP contribution in [0.2, 0.25) is 0 Å². The van der Waals surface area contributed by atoms with E-state index in [0.717, 1.165) is 24.2 Å². The Labute approximate surface area is 94.6 Å². The molecule has 2 heterocycles. The maximum Gasteiger partial charge on any atom is 0.224 e. The highest BCUT2D eigenvalue weighted by Gasteiger charge is 2.39. The molecular weight excluding hydrogens is 206 g/mol. The molecule has 2 rings (SSSR count). The highest BCUT2D eigenvalue weighted by Crippen LogP contribution is 2.33. The fourth-order valence-corrected chi connectivity index (χ4v) is 2.30. The van der Waals surface area contributed by atoms with Crippen molar-refractivity contribution in [3.8, 4) is 0 Å². The quantitative estimate of drug-likeness (QED) is 0.829. The average molecular weight is 223 g/mol. The van der Waals surface area contributed by atoms with E-state index in [4.69, 9.17) is 10.3 Å². The molecule has 1 amide bonds. The van der Waals surface area contributed by atoms with Gasteiger partial charge in [0.2, 0.25) is 5.91 Å². The van der Waals surface area contributed by atoms with Gasteiger partial charge in [0.25, 0.3) is 0 Å². The van der Waals surface area contributed by atoms with Crippen LogP contribution in [0, 0.1) is 6.92 Å². The van der Waals surface area contributed by atoms with Crippen molar-refractivity contribution in [2.45, 2.75) is 38.8 Å². The predicted molar refractivity (Wildman–Crippen MR) is 58.6 cm³/mol. The second-order valence-corrected chi connectivity index (χ2v) is 4.26. The van der Waals surface area contributed by atoms with E-state index < -0.39 is 0 Å². The molecule has 0 spiro atoms. The molecule has 1 fully saturated rings. The van der Waals surface area contributed by atoms with Crippen LogP contribution in [-0.4, -0.2) is 28.6 Å². The number of likely N-dealkylation sites (tertiary alicyclic amines) is 1. The number of nitrogens with two attached hydrogens (primary N) is 1. The van der Waals surface area contributed by atoms with Crippen LogP contribution in [0.25, 0.3) is 0 Å². The molecule has 0 aromatic carbocycles. The van der Waals surface area contributed by atoms with E-state index in [1.807, 2.05) is 11.8 Å². The number of amides is 1. The molecule has 2 N–H and O–H groups in total. The van der Waals surface area contributed by atoms with Crippen molar-refractivity contribution in [2.24, 2.45) is 5.73 Å². The summed E-state index contributed by atoms with van der Waals surface area (Å²) in [5.41, 5.74) is 7.77. The summed E-state index contributed by atoms with van der Waals surface area (Å²) in [4.78, 5) is 13.6. The number of hydrogen-bond acceptors (Lipinski definition) is 4.